The maximum atomic E-state index is 4.64. The summed E-state index contributed by atoms with van der Waals surface area (Å²) in [4.78, 5) is 7.02. The summed E-state index contributed by atoms with van der Waals surface area (Å²) in [5, 5.41) is 0. The van der Waals surface area contributed by atoms with E-state index in [9.17, 15) is 0 Å². The van der Waals surface area contributed by atoms with E-state index in [1.165, 1.54) is 11.4 Å². The molecule has 0 saturated heterocycles. The Bertz CT molecular complexity index is 459. The zero-order valence-corrected chi connectivity index (χ0v) is 9.79. The Labute approximate surface area is 102 Å². The molecule has 0 aromatic heterocycles. The fraction of sp³-hybridized carbons (Fsp3) is 0.267. The molecule has 1 aliphatic carbocycles. The van der Waals surface area contributed by atoms with E-state index >= 15 is 0 Å². The second-order valence-corrected chi connectivity index (χ2v) is 4.44. The molecular weight excluding hydrogens is 208 g/mol. The number of amidine groups is 1. The van der Waals surface area contributed by atoms with Crippen LogP contribution in [0, 0.1) is 5.92 Å². The van der Waals surface area contributed by atoms with Crippen molar-refractivity contribution in [2.45, 2.75) is 6.54 Å². The first-order chi connectivity index (χ1) is 8.43. The summed E-state index contributed by atoms with van der Waals surface area (Å²) in [5.41, 5.74) is 1.35. The highest BCUT2D eigenvalue weighted by Crippen LogP contribution is 2.19. The van der Waals surface area contributed by atoms with Crippen LogP contribution in [0.25, 0.3) is 0 Å². The summed E-state index contributed by atoms with van der Waals surface area (Å²) in [6, 6.07) is 10.6. The fourth-order valence-corrected chi connectivity index (χ4v) is 2.38. The minimum atomic E-state index is 0.390. The van der Waals surface area contributed by atoms with Crippen molar-refractivity contribution in [2.75, 3.05) is 13.1 Å². The van der Waals surface area contributed by atoms with Crippen molar-refractivity contribution in [3.63, 3.8) is 0 Å². The molecule has 1 aromatic carbocycles. The molecule has 0 unspecified atom stereocenters. The summed E-state index contributed by atoms with van der Waals surface area (Å²) < 4.78 is 0. The van der Waals surface area contributed by atoms with E-state index in [1.807, 2.05) is 0 Å². The lowest BCUT2D eigenvalue weighted by Crippen LogP contribution is -2.31. The van der Waals surface area contributed by atoms with E-state index in [2.05, 4.69) is 64.5 Å². The molecule has 0 spiro atoms. The molecule has 3 rings (SSSR count). The lowest BCUT2D eigenvalue weighted by atomic mass is 10.1. The molecule has 1 aliphatic heterocycles. The quantitative estimate of drug-likeness (QED) is 0.770. The summed E-state index contributed by atoms with van der Waals surface area (Å²) in [6.07, 6.45) is 8.63. The Hall–Kier alpha value is -1.83. The first-order valence-corrected chi connectivity index (χ1v) is 6.12. The first kappa shape index (κ1) is 10.3. The van der Waals surface area contributed by atoms with Crippen LogP contribution < -0.4 is 0 Å². The highest BCUT2D eigenvalue weighted by Gasteiger charge is 2.22. The average Bonchev–Trinajstić information content (AvgIpc) is 3.00. The van der Waals surface area contributed by atoms with E-state index in [-0.39, 0.29) is 0 Å². The molecule has 0 amide bonds. The highest BCUT2D eigenvalue weighted by molar-refractivity contribution is 5.89. The number of hydrogen-bond donors (Lipinski definition) is 0. The molecule has 2 heteroatoms. The smallest absolute Gasteiger partial charge is 0.110 e. The summed E-state index contributed by atoms with van der Waals surface area (Å²) in [6.45, 7) is 2.95. The zero-order chi connectivity index (χ0) is 11.5. The van der Waals surface area contributed by atoms with Crippen LogP contribution in [0.2, 0.25) is 0 Å². The van der Waals surface area contributed by atoms with Gasteiger partial charge in [0.2, 0.25) is 0 Å². The van der Waals surface area contributed by atoms with Crippen LogP contribution in [0.4, 0.5) is 0 Å². The third kappa shape index (κ3) is 2.16. The predicted molar refractivity (Wildman–Crippen MR) is 70.9 cm³/mol. The molecule has 0 atom stereocenters. The molecule has 2 aliphatic rings. The van der Waals surface area contributed by atoms with Crippen molar-refractivity contribution in [1.29, 1.82) is 0 Å². The molecule has 0 fully saturated rings. The van der Waals surface area contributed by atoms with Crippen molar-refractivity contribution in [3.8, 4) is 0 Å². The van der Waals surface area contributed by atoms with Gasteiger partial charge in [-0.1, -0.05) is 54.6 Å². The van der Waals surface area contributed by atoms with Crippen LogP contribution in [-0.2, 0) is 6.54 Å². The number of nitrogens with zero attached hydrogens (tertiary/aromatic N) is 2. The van der Waals surface area contributed by atoms with Gasteiger partial charge < -0.3 is 4.90 Å². The molecule has 2 nitrogen and oxygen atoms in total. The van der Waals surface area contributed by atoms with E-state index in [4.69, 9.17) is 0 Å². The maximum absolute atomic E-state index is 4.64. The van der Waals surface area contributed by atoms with Crippen LogP contribution in [0.15, 0.2) is 59.6 Å². The Kier molecular flexibility index (Phi) is 2.78. The lowest BCUT2D eigenvalue weighted by molar-refractivity contribution is 0.441. The van der Waals surface area contributed by atoms with Gasteiger partial charge in [0, 0.05) is 13.1 Å². The Morgan fingerprint density at radius 1 is 1.12 bits per heavy atom. The number of hydrogen-bond acceptors (Lipinski definition) is 2. The van der Waals surface area contributed by atoms with Gasteiger partial charge in [-0.3, -0.25) is 4.99 Å². The van der Waals surface area contributed by atoms with Crippen molar-refractivity contribution < 1.29 is 0 Å². The van der Waals surface area contributed by atoms with Gasteiger partial charge in [-0.15, -0.1) is 0 Å². The average molecular weight is 224 g/mol. The largest absolute Gasteiger partial charge is 0.353 e. The normalized spacial score (nSPS) is 19.1. The van der Waals surface area contributed by atoms with E-state index in [0.717, 1.165) is 19.6 Å². The summed E-state index contributed by atoms with van der Waals surface area (Å²) in [5.74, 6) is 1.61. The van der Waals surface area contributed by atoms with Crippen LogP contribution in [-0.4, -0.2) is 23.8 Å². The summed E-state index contributed by atoms with van der Waals surface area (Å²) in [7, 11) is 0. The number of allylic oxidation sites excluding steroid dienone is 2. The molecule has 0 N–H and O–H groups in total. The predicted octanol–water partition coefficient (Wildman–Crippen LogP) is 2.64. The molecular formula is C15H16N2. The third-order valence-electron chi connectivity index (χ3n) is 3.23. The van der Waals surface area contributed by atoms with Gasteiger partial charge in [0.05, 0.1) is 12.5 Å². The standard InChI is InChI=1S/C15H16N2/c1-2-6-13(7-3-1)12-17-11-10-16-15(17)14-8-4-5-9-14/h1-9,14H,10-12H2. The number of benzene rings is 1. The topological polar surface area (TPSA) is 15.6 Å². The minimum absolute atomic E-state index is 0.390. The van der Waals surface area contributed by atoms with Crippen molar-refractivity contribution in [2.24, 2.45) is 10.9 Å². The SMILES string of the molecule is C1=CC(C2=NCCN2Cc2ccccc2)C=C1. The molecule has 17 heavy (non-hydrogen) atoms. The van der Waals surface area contributed by atoms with Gasteiger partial charge in [0.15, 0.2) is 0 Å². The van der Waals surface area contributed by atoms with Crippen LogP contribution in [0.3, 0.4) is 0 Å². The first-order valence-electron chi connectivity index (χ1n) is 6.12. The van der Waals surface area contributed by atoms with Crippen LogP contribution in [0.5, 0.6) is 0 Å². The number of rotatable bonds is 3. The van der Waals surface area contributed by atoms with Gasteiger partial charge in [0.25, 0.3) is 0 Å². The van der Waals surface area contributed by atoms with Gasteiger partial charge >= 0.3 is 0 Å². The van der Waals surface area contributed by atoms with Gasteiger partial charge in [-0.05, 0) is 5.56 Å². The summed E-state index contributed by atoms with van der Waals surface area (Å²) >= 11 is 0. The Morgan fingerprint density at radius 3 is 2.65 bits per heavy atom. The van der Waals surface area contributed by atoms with Crippen molar-refractivity contribution in [3.05, 3.63) is 60.2 Å². The second-order valence-electron chi connectivity index (χ2n) is 4.44. The third-order valence-corrected chi connectivity index (χ3v) is 3.23. The van der Waals surface area contributed by atoms with Gasteiger partial charge in [-0.2, -0.15) is 0 Å². The Morgan fingerprint density at radius 2 is 1.88 bits per heavy atom. The van der Waals surface area contributed by atoms with E-state index < -0.39 is 0 Å². The molecule has 0 radical (unpaired) electrons. The minimum Gasteiger partial charge on any atom is -0.353 e. The second kappa shape index (κ2) is 4.58. The zero-order valence-electron chi connectivity index (χ0n) is 9.79. The maximum Gasteiger partial charge on any atom is 0.110 e. The number of aliphatic imine (C=N–C) groups is 1. The molecule has 86 valence electrons. The van der Waals surface area contributed by atoms with Crippen molar-refractivity contribution in [1.82, 2.24) is 4.90 Å². The van der Waals surface area contributed by atoms with Crippen LogP contribution >= 0.6 is 0 Å². The Balaban J connectivity index is 1.73. The van der Waals surface area contributed by atoms with E-state index in [0.29, 0.717) is 5.92 Å². The molecule has 1 heterocycles. The van der Waals surface area contributed by atoms with Crippen LogP contribution in [0.1, 0.15) is 5.56 Å². The van der Waals surface area contributed by atoms with Gasteiger partial charge in [0.1, 0.15) is 5.84 Å². The molecule has 0 bridgehead atoms. The van der Waals surface area contributed by atoms with Gasteiger partial charge in [-0.25, -0.2) is 0 Å². The monoisotopic (exact) mass is 224 g/mol. The molecule has 1 aromatic rings. The molecule has 0 saturated carbocycles. The highest BCUT2D eigenvalue weighted by atomic mass is 15.2. The fourth-order valence-electron chi connectivity index (χ4n) is 2.38. The lowest BCUT2D eigenvalue weighted by Gasteiger charge is -2.22. The van der Waals surface area contributed by atoms with Crippen molar-refractivity contribution >= 4 is 5.84 Å². The van der Waals surface area contributed by atoms with E-state index in [1.54, 1.807) is 0 Å².